The Labute approximate surface area is 112 Å². The van der Waals surface area contributed by atoms with E-state index in [9.17, 15) is 18.3 Å². The lowest BCUT2D eigenvalue weighted by Gasteiger charge is -2.13. The van der Waals surface area contributed by atoms with Crippen LogP contribution in [0.1, 0.15) is 24.3 Å². The maximum atomic E-state index is 12.5. The van der Waals surface area contributed by atoms with E-state index in [0.29, 0.717) is 11.9 Å². The van der Waals surface area contributed by atoms with E-state index in [1.54, 1.807) is 25.3 Å². The number of hydrogen-bond donors (Lipinski definition) is 1. The molecule has 0 saturated carbocycles. The quantitative estimate of drug-likeness (QED) is 0.918. The van der Waals surface area contributed by atoms with Crippen molar-refractivity contribution in [1.29, 1.82) is 0 Å². The van der Waals surface area contributed by atoms with Crippen molar-refractivity contribution in [2.24, 2.45) is 0 Å². The number of nitrogens with zero attached hydrogens (tertiary/aromatic N) is 2. The molecule has 2 aromatic heterocycles. The van der Waals surface area contributed by atoms with Crippen LogP contribution >= 0.6 is 11.6 Å². The molecule has 2 rings (SSSR count). The highest BCUT2D eigenvalue weighted by Gasteiger charge is 2.31. The molecule has 1 N–H and O–H groups in total. The van der Waals surface area contributed by atoms with Gasteiger partial charge < -0.3 is 9.67 Å². The van der Waals surface area contributed by atoms with Gasteiger partial charge in [0.25, 0.3) is 0 Å². The lowest BCUT2D eigenvalue weighted by Crippen LogP contribution is -2.09. The van der Waals surface area contributed by atoms with Gasteiger partial charge in [0.05, 0.1) is 22.4 Å². The Balaban J connectivity index is 2.50. The smallest absolute Gasteiger partial charge is 0.387 e. The second kappa shape index (κ2) is 4.86. The highest BCUT2D eigenvalue weighted by Crippen LogP contribution is 2.32. The van der Waals surface area contributed by atoms with Gasteiger partial charge >= 0.3 is 6.18 Å². The van der Waals surface area contributed by atoms with Crippen LogP contribution in [0.5, 0.6) is 0 Å². The average Bonchev–Trinajstić information content (AvgIpc) is 2.76. The molecule has 0 aliphatic carbocycles. The summed E-state index contributed by atoms with van der Waals surface area (Å²) in [4.78, 5) is 3.73. The summed E-state index contributed by atoms with van der Waals surface area (Å²) in [6.07, 6.45) is -2.98. The van der Waals surface area contributed by atoms with E-state index in [0.717, 1.165) is 6.07 Å². The molecule has 0 fully saturated rings. The first-order chi connectivity index (χ1) is 8.80. The number of aromatic nitrogens is 2. The molecule has 0 radical (unpaired) electrons. The molecule has 0 aliphatic rings. The van der Waals surface area contributed by atoms with Crippen molar-refractivity contribution in [3.8, 4) is 5.82 Å². The van der Waals surface area contributed by atoms with Gasteiger partial charge in [0.1, 0.15) is 0 Å². The van der Waals surface area contributed by atoms with Crippen LogP contribution in [0, 0.1) is 0 Å². The number of hydrogen-bond acceptors (Lipinski definition) is 2. The minimum absolute atomic E-state index is 0.132. The highest BCUT2D eigenvalue weighted by molar-refractivity contribution is 6.32. The van der Waals surface area contributed by atoms with Crippen molar-refractivity contribution in [1.82, 2.24) is 9.55 Å². The van der Waals surface area contributed by atoms with E-state index in [1.807, 2.05) is 0 Å². The number of aliphatic hydroxyl groups is 1. The Morgan fingerprint density at radius 2 is 2.11 bits per heavy atom. The standard InChI is InChI=1S/C12H10ClF3N2O/c1-7(19)10-3-2-4-18(10)11-9(13)5-8(6-17-11)12(14,15)16/h2-7,19H,1H3/t7-/m0/s1. The first-order valence-corrected chi connectivity index (χ1v) is 5.77. The zero-order valence-corrected chi connectivity index (χ0v) is 10.6. The van der Waals surface area contributed by atoms with Crippen molar-refractivity contribution in [2.75, 3.05) is 0 Å². The largest absolute Gasteiger partial charge is 0.417 e. The molecule has 0 spiro atoms. The fourth-order valence-corrected chi connectivity index (χ4v) is 1.95. The molecule has 1 atom stereocenters. The predicted molar refractivity (Wildman–Crippen MR) is 64.2 cm³/mol. The first kappa shape index (κ1) is 13.9. The van der Waals surface area contributed by atoms with E-state index >= 15 is 0 Å². The molecule has 0 saturated heterocycles. The monoisotopic (exact) mass is 290 g/mol. The number of rotatable bonds is 2. The number of aliphatic hydroxyl groups excluding tert-OH is 1. The average molecular weight is 291 g/mol. The number of pyridine rings is 1. The molecule has 3 nitrogen and oxygen atoms in total. The van der Waals surface area contributed by atoms with Gasteiger partial charge in [-0.05, 0) is 25.1 Å². The molecule has 0 aromatic carbocycles. The van der Waals surface area contributed by atoms with E-state index in [4.69, 9.17) is 11.6 Å². The maximum Gasteiger partial charge on any atom is 0.417 e. The van der Waals surface area contributed by atoms with Crippen molar-refractivity contribution in [2.45, 2.75) is 19.2 Å². The third-order valence-corrected chi connectivity index (χ3v) is 2.86. The van der Waals surface area contributed by atoms with E-state index < -0.39 is 17.8 Å². The SMILES string of the molecule is C[C@H](O)c1cccn1-c1ncc(C(F)(F)F)cc1Cl. The Bertz CT molecular complexity index is 593. The topological polar surface area (TPSA) is 38.0 Å². The van der Waals surface area contributed by atoms with Gasteiger partial charge in [0.2, 0.25) is 0 Å². The Morgan fingerprint density at radius 1 is 1.42 bits per heavy atom. The number of alkyl halides is 3. The Hall–Kier alpha value is -1.53. The van der Waals surface area contributed by atoms with Gasteiger partial charge in [0, 0.05) is 12.4 Å². The predicted octanol–water partition coefficient (Wildman–Crippen LogP) is 3.60. The second-order valence-electron chi connectivity index (χ2n) is 4.01. The lowest BCUT2D eigenvalue weighted by atomic mass is 10.2. The molecule has 0 bridgehead atoms. The number of halogens is 4. The maximum absolute atomic E-state index is 12.5. The first-order valence-electron chi connectivity index (χ1n) is 5.39. The van der Waals surface area contributed by atoms with Crippen molar-refractivity contribution in [3.05, 3.63) is 46.9 Å². The van der Waals surface area contributed by atoms with Crippen molar-refractivity contribution in [3.63, 3.8) is 0 Å². The molecular weight excluding hydrogens is 281 g/mol. The second-order valence-corrected chi connectivity index (χ2v) is 4.41. The van der Waals surface area contributed by atoms with Crippen LogP contribution in [-0.2, 0) is 6.18 Å². The molecule has 19 heavy (non-hydrogen) atoms. The minimum atomic E-state index is -4.49. The zero-order valence-electron chi connectivity index (χ0n) is 9.82. The van der Waals surface area contributed by atoms with Crippen LogP contribution in [0.25, 0.3) is 5.82 Å². The zero-order chi connectivity index (χ0) is 14.2. The van der Waals surface area contributed by atoms with Gasteiger partial charge in [-0.25, -0.2) is 4.98 Å². The molecule has 2 aromatic rings. The van der Waals surface area contributed by atoms with Crippen LogP contribution < -0.4 is 0 Å². The molecule has 102 valence electrons. The summed E-state index contributed by atoms with van der Waals surface area (Å²) in [5.74, 6) is 0.149. The molecule has 0 aliphatic heterocycles. The fourth-order valence-electron chi connectivity index (χ4n) is 1.69. The summed E-state index contributed by atoms with van der Waals surface area (Å²) in [6, 6.07) is 4.10. The summed E-state index contributed by atoms with van der Waals surface area (Å²) in [5, 5.41) is 9.43. The molecule has 2 heterocycles. The summed E-state index contributed by atoms with van der Waals surface area (Å²) >= 11 is 5.84. The van der Waals surface area contributed by atoms with Crippen molar-refractivity contribution >= 4 is 11.6 Å². The van der Waals surface area contributed by atoms with Gasteiger partial charge in [-0.15, -0.1) is 0 Å². The fraction of sp³-hybridized carbons (Fsp3) is 0.250. The summed E-state index contributed by atoms with van der Waals surface area (Å²) in [5.41, 5.74) is -0.416. The van der Waals surface area contributed by atoms with Gasteiger partial charge in [-0.3, -0.25) is 0 Å². The van der Waals surface area contributed by atoms with E-state index in [1.165, 1.54) is 4.57 Å². The minimum Gasteiger partial charge on any atom is -0.387 e. The lowest BCUT2D eigenvalue weighted by molar-refractivity contribution is -0.137. The van der Waals surface area contributed by atoms with E-state index in [-0.39, 0.29) is 10.8 Å². The van der Waals surface area contributed by atoms with Crippen LogP contribution in [0.2, 0.25) is 5.02 Å². The van der Waals surface area contributed by atoms with Crippen LogP contribution in [-0.4, -0.2) is 14.7 Å². The highest BCUT2D eigenvalue weighted by atomic mass is 35.5. The van der Waals surface area contributed by atoms with Gasteiger partial charge in [-0.1, -0.05) is 11.6 Å². The molecule has 0 unspecified atom stereocenters. The van der Waals surface area contributed by atoms with Crippen molar-refractivity contribution < 1.29 is 18.3 Å². The Kier molecular flexibility index (Phi) is 3.56. The molecule has 0 amide bonds. The van der Waals surface area contributed by atoms with Crippen LogP contribution in [0.3, 0.4) is 0 Å². The third-order valence-electron chi connectivity index (χ3n) is 2.59. The van der Waals surface area contributed by atoms with Gasteiger partial charge in [-0.2, -0.15) is 13.2 Å². The normalized spacial score (nSPS) is 13.6. The van der Waals surface area contributed by atoms with E-state index in [2.05, 4.69) is 4.98 Å². The third kappa shape index (κ3) is 2.74. The Morgan fingerprint density at radius 3 is 2.63 bits per heavy atom. The summed E-state index contributed by atoms with van der Waals surface area (Å²) in [6.45, 7) is 1.55. The summed E-state index contributed by atoms with van der Waals surface area (Å²) < 4.78 is 39.0. The molecular formula is C12H10ClF3N2O. The molecule has 7 heteroatoms. The van der Waals surface area contributed by atoms with Crippen LogP contribution in [0.15, 0.2) is 30.6 Å². The van der Waals surface area contributed by atoms with Crippen LogP contribution in [0.4, 0.5) is 13.2 Å². The van der Waals surface area contributed by atoms with Gasteiger partial charge in [0.15, 0.2) is 5.82 Å². The summed E-state index contributed by atoms with van der Waals surface area (Å²) in [7, 11) is 0.